The summed E-state index contributed by atoms with van der Waals surface area (Å²) in [6.07, 6.45) is 2.23. The van der Waals surface area contributed by atoms with Gasteiger partial charge < -0.3 is 4.90 Å². The number of hydrogen-bond acceptors (Lipinski definition) is 1. The summed E-state index contributed by atoms with van der Waals surface area (Å²) in [6.45, 7) is 4.71. The summed E-state index contributed by atoms with van der Waals surface area (Å²) in [5, 5.41) is 0. The van der Waals surface area contributed by atoms with Gasteiger partial charge in [0.1, 0.15) is 0 Å². The maximum Gasteiger partial charge on any atom is 0.230 e. The van der Waals surface area contributed by atoms with Crippen molar-refractivity contribution >= 4 is 5.91 Å². The molecule has 112 valence electrons. The predicted molar refractivity (Wildman–Crippen MR) is 89.1 cm³/mol. The van der Waals surface area contributed by atoms with Crippen molar-refractivity contribution in [3.63, 3.8) is 0 Å². The van der Waals surface area contributed by atoms with Crippen LogP contribution in [0.5, 0.6) is 0 Å². The Kier molecular flexibility index (Phi) is 4.10. The van der Waals surface area contributed by atoms with Crippen molar-refractivity contribution in [2.24, 2.45) is 5.92 Å². The molecular formula is C20H21NO. The van der Waals surface area contributed by atoms with E-state index < -0.39 is 0 Å². The molecule has 1 heterocycles. The first-order valence-electron chi connectivity index (χ1n) is 7.75. The lowest BCUT2D eigenvalue weighted by Crippen LogP contribution is -2.39. The van der Waals surface area contributed by atoms with Gasteiger partial charge >= 0.3 is 0 Å². The fourth-order valence-corrected chi connectivity index (χ4v) is 3.10. The molecule has 2 heteroatoms. The smallest absolute Gasteiger partial charge is 0.230 e. The minimum atomic E-state index is -0.0326. The normalized spacial score (nSPS) is 21.6. The van der Waals surface area contributed by atoms with Crippen LogP contribution in [0.4, 0.5) is 0 Å². The second-order valence-corrected chi connectivity index (χ2v) is 5.94. The largest absolute Gasteiger partial charge is 0.312 e. The summed E-state index contributed by atoms with van der Waals surface area (Å²) in [4.78, 5) is 14.7. The Labute approximate surface area is 132 Å². The van der Waals surface area contributed by atoms with Crippen molar-refractivity contribution < 1.29 is 4.79 Å². The van der Waals surface area contributed by atoms with E-state index in [0.717, 1.165) is 11.3 Å². The standard InChI is InChI=1S/C20H21NO/c1-15-13-19(18-11-7-4-8-12-18)16(2)20(22)21(15)14-17-9-5-3-6-10-17/h3-13,16,19H,14H2,1-2H3/t16-,19+/m0/s1. The van der Waals surface area contributed by atoms with Crippen LogP contribution in [0.3, 0.4) is 0 Å². The van der Waals surface area contributed by atoms with E-state index in [0.29, 0.717) is 6.54 Å². The van der Waals surface area contributed by atoms with Gasteiger partial charge in [-0.3, -0.25) is 4.79 Å². The lowest BCUT2D eigenvalue weighted by molar-refractivity contribution is -0.134. The molecule has 0 N–H and O–H groups in total. The number of allylic oxidation sites excluding steroid dienone is 2. The Morgan fingerprint density at radius 3 is 2.18 bits per heavy atom. The monoisotopic (exact) mass is 291 g/mol. The van der Waals surface area contributed by atoms with E-state index in [2.05, 4.69) is 30.3 Å². The Bertz CT molecular complexity index is 675. The van der Waals surface area contributed by atoms with Gasteiger partial charge in [0.15, 0.2) is 0 Å². The summed E-state index contributed by atoms with van der Waals surface area (Å²) < 4.78 is 0. The Morgan fingerprint density at radius 2 is 1.55 bits per heavy atom. The van der Waals surface area contributed by atoms with Crippen molar-refractivity contribution in [3.05, 3.63) is 83.6 Å². The Balaban J connectivity index is 1.88. The Morgan fingerprint density at radius 1 is 0.955 bits per heavy atom. The summed E-state index contributed by atoms with van der Waals surface area (Å²) in [6, 6.07) is 20.4. The van der Waals surface area contributed by atoms with Crippen LogP contribution < -0.4 is 0 Å². The number of carbonyl (C=O) groups is 1. The van der Waals surface area contributed by atoms with E-state index in [4.69, 9.17) is 0 Å². The molecule has 2 aromatic rings. The number of benzene rings is 2. The topological polar surface area (TPSA) is 20.3 Å². The quantitative estimate of drug-likeness (QED) is 0.823. The van der Waals surface area contributed by atoms with Gasteiger partial charge in [0.05, 0.1) is 6.54 Å². The summed E-state index contributed by atoms with van der Waals surface area (Å²) in [7, 11) is 0. The lowest BCUT2D eigenvalue weighted by Gasteiger charge is -2.35. The molecular weight excluding hydrogens is 270 g/mol. The van der Waals surface area contributed by atoms with Crippen LogP contribution in [0.2, 0.25) is 0 Å². The molecule has 0 aromatic heterocycles. The number of hydrogen-bond donors (Lipinski definition) is 0. The van der Waals surface area contributed by atoms with E-state index >= 15 is 0 Å². The zero-order chi connectivity index (χ0) is 15.5. The van der Waals surface area contributed by atoms with Gasteiger partial charge in [-0.15, -0.1) is 0 Å². The lowest BCUT2D eigenvalue weighted by atomic mass is 9.83. The first-order valence-corrected chi connectivity index (χ1v) is 7.75. The first-order chi connectivity index (χ1) is 10.7. The molecule has 0 radical (unpaired) electrons. The highest BCUT2D eigenvalue weighted by atomic mass is 16.2. The highest BCUT2D eigenvalue weighted by molar-refractivity contribution is 5.83. The summed E-state index contributed by atoms with van der Waals surface area (Å²) in [5.74, 6) is 0.341. The zero-order valence-corrected chi connectivity index (χ0v) is 13.1. The average molecular weight is 291 g/mol. The molecule has 0 spiro atoms. The van der Waals surface area contributed by atoms with Gasteiger partial charge in [0, 0.05) is 17.5 Å². The van der Waals surface area contributed by atoms with Crippen LogP contribution in [0.25, 0.3) is 0 Å². The Hall–Kier alpha value is -2.35. The van der Waals surface area contributed by atoms with Crippen LogP contribution in [-0.2, 0) is 11.3 Å². The highest BCUT2D eigenvalue weighted by Gasteiger charge is 2.33. The zero-order valence-electron chi connectivity index (χ0n) is 13.1. The van der Waals surface area contributed by atoms with Crippen molar-refractivity contribution in [1.29, 1.82) is 0 Å². The molecule has 1 amide bonds. The van der Waals surface area contributed by atoms with E-state index in [1.54, 1.807) is 0 Å². The van der Waals surface area contributed by atoms with Crippen LogP contribution in [-0.4, -0.2) is 10.8 Å². The molecule has 0 fully saturated rings. The summed E-state index contributed by atoms with van der Waals surface area (Å²) >= 11 is 0. The van der Waals surface area contributed by atoms with Crippen LogP contribution in [0.15, 0.2) is 72.4 Å². The molecule has 2 aromatic carbocycles. The van der Waals surface area contributed by atoms with Gasteiger partial charge in [-0.25, -0.2) is 0 Å². The molecule has 2 nitrogen and oxygen atoms in total. The van der Waals surface area contributed by atoms with E-state index in [1.807, 2.05) is 55.1 Å². The summed E-state index contributed by atoms with van der Waals surface area (Å²) in [5.41, 5.74) is 3.41. The number of amides is 1. The molecule has 2 atom stereocenters. The van der Waals surface area contributed by atoms with E-state index in [9.17, 15) is 4.79 Å². The fourth-order valence-electron chi connectivity index (χ4n) is 3.10. The second kappa shape index (κ2) is 6.18. The van der Waals surface area contributed by atoms with Gasteiger partial charge in [-0.1, -0.05) is 73.7 Å². The third kappa shape index (κ3) is 2.82. The molecule has 0 saturated carbocycles. The fraction of sp³-hybridized carbons (Fsp3) is 0.250. The number of rotatable bonds is 3. The minimum absolute atomic E-state index is 0.0326. The number of nitrogens with zero attached hydrogens (tertiary/aromatic N) is 1. The third-order valence-corrected chi connectivity index (χ3v) is 4.41. The van der Waals surface area contributed by atoms with Crippen LogP contribution >= 0.6 is 0 Å². The molecule has 0 aliphatic carbocycles. The van der Waals surface area contributed by atoms with Crippen molar-refractivity contribution in [2.75, 3.05) is 0 Å². The SMILES string of the molecule is CC1=C[C@@H](c2ccccc2)[C@H](C)C(=O)N1Cc1ccccc1. The molecule has 0 unspecified atom stereocenters. The minimum Gasteiger partial charge on any atom is -0.312 e. The first kappa shape index (κ1) is 14.6. The van der Waals surface area contributed by atoms with Crippen molar-refractivity contribution in [2.45, 2.75) is 26.3 Å². The predicted octanol–water partition coefficient (Wildman–Crippen LogP) is 4.35. The molecule has 22 heavy (non-hydrogen) atoms. The molecule has 3 rings (SSSR count). The average Bonchev–Trinajstić information content (AvgIpc) is 2.57. The molecule has 0 saturated heterocycles. The van der Waals surface area contributed by atoms with Crippen LogP contribution in [0.1, 0.15) is 30.9 Å². The van der Waals surface area contributed by atoms with Gasteiger partial charge in [-0.2, -0.15) is 0 Å². The molecule has 0 bridgehead atoms. The highest BCUT2D eigenvalue weighted by Crippen LogP contribution is 2.34. The van der Waals surface area contributed by atoms with Crippen LogP contribution in [0, 0.1) is 5.92 Å². The van der Waals surface area contributed by atoms with Crippen molar-refractivity contribution in [1.82, 2.24) is 4.90 Å². The maximum atomic E-state index is 12.8. The van der Waals surface area contributed by atoms with Gasteiger partial charge in [0.2, 0.25) is 5.91 Å². The third-order valence-electron chi connectivity index (χ3n) is 4.41. The second-order valence-electron chi connectivity index (χ2n) is 5.94. The van der Waals surface area contributed by atoms with Gasteiger partial charge in [-0.05, 0) is 18.1 Å². The molecule has 1 aliphatic heterocycles. The van der Waals surface area contributed by atoms with Gasteiger partial charge in [0.25, 0.3) is 0 Å². The number of carbonyl (C=O) groups excluding carboxylic acids is 1. The molecule has 1 aliphatic rings. The maximum absolute atomic E-state index is 12.8. The van der Waals surface area contributed by atoms with E-state index in [1.165, 1.54) is 5.56 Å². The van der Waals surface area contributed by atoms with E-state index in [-0.39, 0.29) is 17.7 Å². The van der Waals surface area contributed by atoms with Crippen molar-refractivity contribution in [3.8, 4) is 0 Å².